The van der Waals surface area contributed by atoms with Crippen LogP contribution in [0.25, 0.3) is 16.2 Å². The highest BCUT2D eigenvalue weighted by Crippen LogP contribution is 2.31. The van der Waals surface area contributed by atoms with Gasteiger partial charge in [-0.3, -0.25) is 9.47 Å². The van der Waals surface area contributed by atoms with E-state index in [4.69, 9.17) is 9.72 Å². The Balaban J connectivity index is 1.20. The molecule has 2 aromatic carbocycles. The van der Waals surface area contributed by atoms with E-state index in [-0.39, 0.29) is 0 Å². The van der Waals surface area contributed by atoms with Crippen molar-refractivity contribution in [2.75, 3.05) is 20.2 Å². The number of fused-ring (bicyclic) bond motifs is 1. The van der Waals surface area contributed by atoms with Crippen molar-refractivity contribution in [3.05, 3.63) is 95.5 Å². The van der Waals surface area contributed by atoms with Crippen molar-refractivity contribution in [2.45, 2.75) is 31.8 Å². The van der Waals surface area contributed by atoms with Crippen LogP contribution in [0.3, 0.4) is 0 Å². The quantitative estimate of drug-likeness (QED) is 0.297. The van der Waals surface area contributed by atoms with Gasteiger partial charge in [0.15, 0.2) is 5.13 Å². The lowest BCUT2D eigenvalue weighted by Gasteiger charge is -2.33. The number of likely N-dealkylation sites (tertiary alicyclic amines) is 1. The fraction of sp³-hybridized carbons (Fsp3) is 0.286. The molecule has 1 fully saturated rings. The van der Waals surface area contributed by atoms with Gasteiger partial charge in [0, 0.05) is 55.6 Å². The van der Waals surface area contributed by atoms with Crippen LogP contribution >= 0.6 is 11.3 Å². The largest absolute Gasteiger partial charge is 0.497 e. The fourth-order valence-electron chi connectivity index (χ4n) is 5.18. The maximum atomic E-state index is 5.33. The van der Waals surface area contributed by atoms with Crippen LogP contribution in [0.5, 0.6) is 5.75 Å². The SMILES string of the molecule is COc1ccc(Cc2nc3ccccc3n2C2CCN(Cc3cccn3-c3nccs3)CC2)cc1. The van der Waals surface area contributed by atoms with Crippen LogP contribution in [-0.2, 0) is 13.0 Å². The van der Waals surface area contributed by atoms with E-state index < -0.39 is 0 Å². The molecule has 5 aromatic rings. The third-order valence-corrected chi connectivity index (χ3v) is 7.73. The number of hydrogen-bond donors (Lipinski definition) is 0. The van der Waals surface area contributed by atoms with Gasteiger partial charge in [-0.05, 0) is 54.8 Å². The van der Waals surface area contributed by atoms with Gasteiger partial charge in [-0.1, -0.05) is 24.3 Å². The molecular formula is C28H29N5OS. The highest BCUT2D eigenvalue weighted by atomic mass is 32.1. The van der Waals surface area contributed by atoms with Crippen LogP contribution in [0.4, 0.5) is 0 Å². The normalized spacial score (nSPS) is 15.1. The van der Waals surface area contributed by atoms with Crippen molar-refractivity contribution in [1.29, 1.82) is 0 Å². The summed E-state index contributed by atoms with van der Waals surface area (Å²) >= 11 is 1.68. The van der Waals surface area contributed by atoms with Crippen molar-refractivity contribution in [3.8, 4) is 10.9 Å². The Kier molecular flexibility index (Phi) is 6.10. The molecule has 1 aliphatic rings. The molecule has 0 radical (unpaired) electrons. The highest BCUT2D eigenvalue weighted by Gasteiger charge is 2.25. The zero-order valence-corrected chi connectivity index (χ0v) is 20.7. The lowest BCUT2D eigenvalue weighted by Crippen LogP contribution is -2.35. The van der Waals surface area contributed by atoms with Crippen molar-refractivity contribution < 1.29 is 4.74 Å². The van der Waals surface area contributed by atoms with Crippen LogP contribution in [0.15, 0.2) is 78.4 Å². The summed E-state index contributed by atoms with van der Waals surface area (Å²) in [6, 6.07) is 21.7. The van der Waals surface area contributed by atoms with Gasteiger partial charge in [0.1, 0.15) is 11.6 Å². The summed E-state index contributed by atoms with van der Waals surface area (Å²) in [5.41, 5.74) is 4.88. The number of aromatic nitrogens is 4. The average molecular weight is 484 g/mol. The van der Waals surface area contributed by atoms with Crippen LogP contribution in [0, 0.1) is 0 Å². The topological polar surface area (TPSA) is 48.1 Å². The van der Waals surface area contributed by atoms with E-state index >= 15 is 0 Å². The number of thiazole rings is 1. The predicted molar refractivity (Wildman–Crippen MR) is 141 cm³/mol. The Hall–Kier alpha value is -3.42. The Morgan fingerprint density at radius 1 is 1.00 bits per heavy atom. The summed E-state index contributed by atoms with van der Waals surface area (Å²) in [6.45, 7) is 3.09. The number of benzene rings is 2. The van der Waals surface area contributed by atoms with E-state index in [1.807, 2.05) is 23.7 Å². The van der Waals surface area contributed by atoms with Gasteiger partial charge < -0.3 is 9.30 Å². The molecule has 35 heavy (non-hydrogen) atoms. The molecule has 1 aliphatic heterocycles. The second kappa shape index (κ2) is 9.68. The first-order chi connectivity index (χ1) is 17.3. The summed E-state index contributed by atoms with van der Waals surface area (Å²) in [5, 5.41) is 3.07. The molecule has 0 spiro atoms. The molecule has 6 nitrogen and oxygen atoms in total. The number of imidazole rings is 1. The first kappa shape index (κ1) is 22.1. The molecule has 0 bridgehead atoms. The number of piperidine rings is 1. The molecule has 0 aliphatic carbocycles. The van der Waals surface area contributed by atoms with Crippen molar-refractivity contribution in [3.63, 3.8) is 0 Å². The second-order valence-corrected chi connectivity index (χ2v) is 9.98. The standard InChI is InChI=1S/C28H29N5OS/c1-34-24-10-8-21(9-11-24)19-27-30-25-6-2-3-7-26(25)33(27)22-12-16-31(17-13-22)20-23-5-4-15-32(23)28-29-14-18-35-28/h2-11,14-15,18,22H,12-13,16-17,19-20H2,1H3. The minimum absolute atomic E-state index is 0.456. The van der Waals surface area contributed by atoms with E-state index in [0.717, 1.165) is 61.1 Å². The molecule has 4 heterocycles. The maximum Gasteiger partial charge on any atom is 0.193 e. The van der Waals surface area contributed by atoms with Crippen LogP contribution in [0.2, 0.25) is 0 Å². The number of ether oxygens (including phenoxy) is 1. The number of para-hydroxylation sites is 2. The predicted octanol–water partition coefficient (Wildman–Crippen LogP) is 5.72. The zero-order chi connectivity index (χ0) is 23.6. The molecule has 6 rings (SSSR count). The van der Waals surface area contributed by atoms with Crippen LogP contribution in [0.1, 0.15) is 36.0 Å². The Labute approximate surface area is 209 Å². The third kappa shape index (κ3) is 4.49. The monoisotopic (exact) mass is 483 g/mol. The molecule has 0 atom stereocenters. The summed E-state index contributed by atoms with van der Waals surface area (Å²) < 4.78 is 10.1. The molecule has 7 heteroatoms. The van der Waals surface area contributed by atoms with Gasteiger partial charge in [0.2, 0.25) is 0 Å². The smallest absolute Gasteiger partial charge is 0.193 e. The zero-order valence-electron chi connectivity index (χ0n) is 19.9. The van der Waals surface area contributed by atoms with Crippen molar-refractivity contribution in [1.82, 2.24) is 24.0 Å². The third-order valence-electron chi connectivity index (χ3n) is 6.96. The summed E-state index contributed by atoms with van der Waals surface area (Å²) in [6.07, 6.45) is 7.04. The molecule has 1 saturated heterocycles. The number of nitrogens with zero attached hydrogens (tertiary/aromatic N) is 5. The molecule has 0 amide bonds. The summed E-state index contributed by atoms with van der Waals surface area (Å²) in [7, 11) is 1.71. The minimum Gasteiger partial charge on any atom is -0.497 e. The maximum absolute atomic E-state index is 5.33. The van der Waals surface area contributed by atoms with Crippen LogP contribution in [-0.4, -0.2) is 44.2 Å². The van der Waals surface area contributed by atoms with Crippen LogP contribution < -0.4 is 4.74 Å². The molecule has 3 aromatic heterocycles. The van der Waals surface area contributed by atoms with Crippen molar-refractivity contribution >= 4 is 22.4 Å². The molecular weight excluding hydrogens is 454 g/mol. The van der Waals surface area contributed by atoms with Gasteiger partial charge >= 0.3 is 0 Å². The van der Waals surface area contributed by atoms with Gasteiger partial charge in [0.05, 0.1) is 18.1 Å². The first-order valence-electron chi connectivity index (χ1n) is 12.2. The molecule has 0 unspecified atom stereocenters. The van der Waals surface area contributed by atoms with E-state index in [1.54, 1.807) is 18.4 Å². The Bertz CT molecular complexity index is 1400. The lowest BCUT2D eigenvalue weighted by molar-refractivity contribution is 0.177. The first-order valence-corrected chi connectivity index (χ1v) is 13.0. The average Bonchev–Trinajstić information content (AvgIpc) is 3.65. The molecule has 0 N–H and O–H groups in total. The summed E-state index contributed by atoms with van der Waals surface area (Å²) in [4.78, 5) is 12.1. The Morgan fingerprint density at radius 3 is 2.60 bits per heavy atom. The van der Waals surface area contributed by atoms with Gasteiger partial charge in [-0.15, -0.1) is 11.3 Å². The van der Waals surface area contributed by atoms with E-state index in [2.05, 4.69) is 73.7 Å². The number of rotatable bonds is 7. The van der Waals surface area contributed by atoms with Crippen molar-refractivity contribution in [2.24, 2.45) is 0 Å². The van der Waals surface area contributed by atoms with E-state index in [9.17, 15) is 0 Å². The lowest BCUT2D eigenvalue weighted by atomic mass is 10.0. The minimum atomic E-state index is 0.456. The van der Waals surface area contributed by atoms with E-state index in [1.165, 1.54) is 16.8 Å². The van der Waals surface area contributed by atoms with E-state index in [0.29, 0.717) is 6.04 Å². The fourth-order valence-corrected chi connectivity index (χ4v) is 5.84. The van der Waals surface area contributed by atoms with Gasteiger partial charge in [0.25, 0.3) is 0 Å². The molecule has 0 saturated carbocycles. The summed E-state index contributed by atoms with van der Waals surface area (Å²) in [5.74, 6) is 2.03. The Morgan fingerprint density at radius 2 is 1.83 bits per heavy atom. The van der Waals surface area contributed by atoms with Gasteiger partial charge in [-0.2, -0.15) is 0 Å². The second-order valence-electron chi connectivity index (χ2n) is 9.10. The molecule has 178 valence electrons. The van der Waals surface area contributed by atoms with Gasteiger partial charge in [-0.25, -0.2) is 9.97 Å². The number of hydrogen-bond acceptors (Lipinski definition) is 5. The number of methoxy groups -OCH3 is 1. The highest BCUT2D eigenvalue weighted by molar-refractivity contribution is 7.12.